The fraction of sp³-hybridized carbons (Fsp3) is 1.00. The minimum absolute atomic E-state index is 0.571. The molecule has 2 unspecified atom stereocenters. The zero-order chi connectivity index (χ0) is 10.9. The van der Waals surface area contributed by atoms with Crippen molar-refractivity contribution in [3.05, 3.63) is 0 Å². The first kappa shape index (κ1) is 13.3. The van der Waals surface area contributed by atoms with Crippen LogP contribution in [0.2, 0.25) is 0 Å². The standard InChI is InChI=1S/C12H26N2S/c1-2-3-4-5-6-7-12(14-13)11-8-9-15-10-11/h11-12,14H,2-10,13H2,1H3. The van der Waals surface area contributed by atoms with Crippen molar-refractivity contribution < 1.29 is 0 Å². The Bertz CT molecular complexity index is 147. The number of thioether (sulfide) groups is 1. The average molecular weight is 230 g/mol. The van der Waals surface area contributed by atoms with Crippen molar-refractivity contribution >= 4 is 11.8 Å². The number of rotatable bonds is 8. The van der Waals surface area contributed by atoms with Crippen molar-refractivity contribution in [3.63, 3.8) is 0 Å². The Morgan fingerprint density at radius 2 is 2.13 bits per heavy atom. The highest BCUT2D eigenvalue weighted by Gasteiger charge is 2.23. The van der Waals surface area contributed by atoms with Crippen LogP contribution in [0.4, 0.5) is 0 Å². The molecule has 0 amide bonds. The van der Waals surface area contributed by atoms with E-state index in [4.69, 9.17) is 5.84 Å². The second-order valence-electron chi connectivity index (χ2n) is 4.60. The highest BCUT2D eigenvalue weighted by molar-refractivity contribution is 7.99. The van der Waals surface area contributed by atoms with Gasteiger partial charge in [-0.1, -0.05) is 39.0 Å². The van der Waals surface area contributed by atoms with Gasteiger partial charge in [0, 0.05) is 6.04 Å². The number of nitrogens with two attached hydrogens (primary N) is 1. The van der Waals surface area contributed by atoms with Gasteiger partial charge in [0.1, 0.15) is 0 Å². The maximum atomic E-state index is 5.63. The molecule has 3 N–H and O–H groups in total. The third kappa shape index (κ3) is 5.23. The second kappa shape index (κ2) is 8.43. The van der Waals surface area contributed by atoms with E-state index >= 15 is 0 Å². The third-order valence-corrected chi connectivity index (χ3v) is 4.55. The summed E-state index contributed by atoms with van der Waals surface area (Å²) in [5, 5.41) is 0. The normalized spacial score (nSPS) is 23.2. The Kier molecular flexibility index (Phi) is 7.49. The van der Waals surface area contributed by atoms with E-state index in [1.54, 1.807) is 0 Å². The van der Waals surface area contributed by atoms with Crippen molar-refractivity contribution in [1.29, 1.82) is 0 Å². The molecule has 3 heteroatoms. The molecule has 0 radical (unpaired) electrons. The van der Waals surface area contributed by atoms with Gasteiger partial charge in [-0.3, -0.25) is 11.3 Å². The lowest BCUT2D eigenvalue weighted by atomic mass is 9.94. The van der Waals surface area contributed by atoms with Crippen LogP contribution in [-0.4, -0.2) is 17.5 Å². The highest BCUT2D eigenvalue weighted by atomic mass is 32.2. The van der Waals surface area contributed by atoms with Crippen LogP contribution in [0.15, 0.2) is 0 Å². The topological polar surface area (TPSA) is 38.0 Å². The van der Waals surface area contributed by atoms with Crippen molar-refractivity contribution in [3.8, 4) is 0 Å². The predicted octanol–water partition coefficient (Wildman–Crippen LogP) is 2.93. The van der Waals surface area contributed by atoms with Gasteiger partial charge < -0.3 is 0 Å². The molecule has 0 spiro atoms. The summed E-state index contributed by atoms with van der Waals surface area (Å²) < 4.78 is 0. The molecule has 15 heavy (non-hydrogen) atoms. The Balaban J connectivity index is 2.05. The van der Waals surface area contributed by atoms with Crippen LogP contribution < -0.4 is 11.3 Å². The lowest BCUT2D eigenvalue weighted by molar-refractivity contribution is 0.355. The van der Waals surface area contributed by atoms with Crippen LogP contribution in [0.3, 0.4) is 0 Å². The fourth-order valence-electron chi connectivity index (χ4n) is 2.29. The molecule has 0 aliphatic carbocycles. The van der Waals surface area contributed by atoms with Gasteiger partial charge in [0.05, 0.1) is 0 Å². The quantitative estimate of drug-likeness (QED) is 0.382. The Labute approximate surface area is 98.7 Å². The molecule has 1 rings (SSSR count). The van der Waals surface area contributed by atoms with Gasteiger partial charge in [0.25, 0.3) is 0 Å². The van der Waals surface area contributed by atoms with E-state index in [0.29, 0.717) is 6.04 Å². The molecule has 0 saturated carbocycles. The Morgan fingerprint density at radius 3 is 2.73 bits per heavy atom. The van der Waals surface area contributed by atoms with E-state index < -0.39 is 0 Å². The van der Waals surface area contributed by atoms with E-state index in [9.17, 15) is 0 Å². The summed E-state index contributed by atoms with van der Waals surface area (Å²) in [4.78, 5) is 0. The first-order valence-electron chi connectivity index (χ1n) is 6.42. The van der Waals surface area contributed by atoms with Gasteiger partial charge in [0.15, 0.2) is 0 Å². The van der Waals surface area contributed by atoms with Gasteiger partial charge >= 0.3 is 0 Å². The summed E-state index contributed by atoms with van der Waals surface area (Å²) in [6, 6.07) is 0.571. The van der Waals surface area contributed by atoms with E-state index in [1.807, 2.05) is 0 Å². The minimum Gasteiger partial charge on any atom is -0.271 e. The maximum Gasteiger partial charge on any atom is 0.0246 e. The first-order chi connectivity index (χ1) is 7.38. The monoisotopic (exact) mass is 230 g/mol. The summed E-state index contributed by atoms with van der Waals surface area (Å²) in [6.45, 7) is 2.26. The third-order valence-electron chi connectivity index (χ3n) is 3.37. The molecular formula is C12H26N2S. The van der Waals surface area contributed by atoms with Crippen molar-refractivity contribution in [1.82, 2.24) is 5.43 Å². The summed E-state index contributed by atoms with van der Waals surface area (Å²) in [6.07, 6.45) is 9.47. The molecule has 1 aliphatic heterocycles. The van der Waals surface area contributed by atoms with Crippen LogP contribution in [-0.2, 0) is 0 Å². The van der Waals surface area contributed by atoms with Gasteiger partial charge in [-0.15, -0.1) is 0 Å². The molecule has 1 fully saturated rings. The van der Waals surface area contributed by atoms with Gasteiger partial charge in [-0.2, -0.15) is 11.8 Å². The first-order valence-corrected chi connectivity index (χ1v) is 7.57. The molecule has 2 nitrogen and oxygen atoms in total. The van der Waals surface area contributed by atoms with Crippen LogP contribution in [0, 0.1) is 5.92 Å². The number of hydrogen-bond donors (Lipinski definition) is 2. The van der Waals surface area contributed by atoms with Gasteiger partial charge in [0.2, 0.25) is 0 Å². The van der Waals surface area contributed by atoms with E-state index in [-0.39, 0.29) is 0 Å². The average Bonchev–Trinajstić information content (AvgIpc) is 2.77. The number of nitrogens with one attached hydrogen (secondary N) is 1. The van der Waals surface area contributed by atoms with Gasteiger partial charge in [-0.25, -0.2) is 0 Å². The van der Waals surface area contributed by atoms with E-state index in [2.05, 4.69) is 24.1 Å². The maximum absolute atomic E-state index is 5.63. The zero-order valence-corrected chi connectivity index (χ0v) is 10.8. The summed E-state index contributed by atoms with van der Waals surface area (Å²) >= 11 is 2.08. The number of hydrogen-bond acceptors (Lipinski definition) is 3. The predicted molar refractivity (Wildman–Crippen MR) is 69.9 cm³/mol. The zero-order valence-electron chi connectivity index (χ0n) is 10.0. The SMILES string of the molecule is CCCCCCCC(NN)C1CCSC1. The molecular weight excluding hydrogens is 204 g/mol. The Morgan fingerprint density at radius 1 is 1.33 bits per heavy atom. The fourth-order valence-corrected chi connectivity index (χ4v) is 3.63. The molecule has 0 aromatic rings. The van der Waals surface area contributed by atoms with Gasteiger partial charge in [-0.05, 0) is 30.3 Å². The molecule has 0 bridgehead atoms. The molecule has 0 aromatic carbocycles. The number of unbranched alkanes of at least 4 members (excludes halogenated alkanes) is 4. The second-order valence-corrected chi connectivity index (χ2v) is 5.75. The highest BCUT2D eigenvalue weighted by Crippen LogP contribution is 2.28. The number of hydrazine groups is 1. The lowest BCUT2D eigenvalue weighted by Crippen LogP contribution is -2.40. The van der Waals surface area contributed by atoms with Crippen LogP contribution >= 0.6 is 11.8 Å². The molecule has 1 heterocycles. The molecule has 1 aliphatic rings. The Hall–Kier alpha value is 0.270. The van der Waals surface area contributed by atoms with Crippen molar-refractivity contribution in [2.45, 2.75) is 57.9 Å². The van der Waals surface area contributed by atoms with E-state index in [0.717, 1.165) is 5.92 Å². The van der Waals surface area contributed by atoms with Crippen LogP contribution in [0.1, 0.15) is 51.9 Å². The largest absolute Gasteiger partial charge is 0.271 e. The molecule has 2 atom stereocenters. The summed E-state index contributed by atoms with van der Waals surface area (Å²) in [7, 11) is 0. The van der Waals surface area contributed by atoms with Crippen molar-refractivity contribution in [2.24, 2.45) is 11.8 Å². The molecule has 90 valence electrons. The molecule has 1 saturated heterocycles. The lowest BCUT2D eigenvalue weighted by Gasteiger charge is -2.21. The van der Waals surface area contributed by atoms with Crippen molar-refractivity contribution in [2.75, 3.05) is 11.5 Å². The summed E-state index contributed by atoms with van der Waals surface area (Å²) in [5.74, 6) is 9.10. The van der Waals surface area contributed by atoms with Crippen LogP contribution in [0.5, 0.6) is 0 Å². The molecule has 0 aromatic heterocycles. The van der Waals surface area contributed by atoms with E-state index in [1.165, 1.54) is 56.5 Å². The minimum atomic E-state index is 0.571. The smallest absolute Gasteiger partial charge is 0.0246 e. The summed E-state index contributed by atoms with van der Waals surface area (Å²) in [5.41, 5.74) is 3.02. The van der Waals surface area contributed by atoms with Crippen LogP contribution in [0.25, 0.3) is 0 Å².